The van der Waals surface area contributed by atoms with E-state index < -0.39 is 0 Å². The third-order valence-corrected chi connectivity index (χ3v) is 7.45. The fraction of sp³-hybridized carbons (Fsp3) is 0.700. The van der Waals surface area contributed by atoms with E-state index in [2.05, 4.69) is 19.7 Å². The van der Waals surface area contributed by atoms with Gasteiger partial charge in [0.25, 0.3) is 5.91 Å². The number of methoxy groups -OCH3 is 1. The van der Waals surface area contributed by atoms with Crippen molar-refractivity contribution in [1.29, 1.82) is 0 Å². The highest BCUT2D eigenvalue weighted by Crippen LogP contribution is 2.42. The Morgan fingerprint density at radius 3 is 2.57 bits per heavy atom. The number of aromatic nitrogens is 4. The SMILES string of the molecule is COCCc1nnc2n1CCC1(CC2)CCN(C(=O)c2sc(C)nc2C)CC1. The number of carbonyl (C=O) groups is 1. The molecule has 4 heterocycles. The van der Waals surface area contributed by atoms with Gasteiger partial charge < -0.3 is 14.2 Å². The second kappa shape index (κ2) is 7.91. The highest BCUT2D eigenvalue weighted by molar-refractivity contribution is 7.13. The number of nitrogens with zero attached hydrogens (tertiary/aromatic N) is 5. The molecule has 1 spiro atoms. The molecule has 1 amide bonds. The van der Waals surface area contributed by atoms with E-state index in [-0.39, 0.29) is 5.91 Å². The second-order valence-corrected chi connectivity index (χ2v) is 9.32. The van der Waals surface area contributed by atoms with E-state index in [1.54, 1.807) is 7.11 Å². The minimum absolute atomic E-state index is 0.158. The number of hydrogen-bond donors (Lipinski definition) is 0. The van der Waals surface area contributed by atoms with Crippen LogP contribution in [0.4, 0.5) is 0 Å². The molecule has 2 aromatic heterocycles. The van der Waals surface area contributed by atoms with Crippen LogP contribution < -0.4 is 0 Å². The molecule has 152 valence electrons. The molecule has 1 fully saturated rings. The molecule has 0 unspecified atom stereocenters. The van der Waals surface area contributed by atoms with Crippen molar-refractivity contribution in [3.63, 3.8) is 0 Å². The van der Waals surface area contributed by atoms with Crippen LogP contribution in [0.1, 0.15) is 57.7 Å². The highest BCUT2D eigenvalue weighted by Gasteiger charge is 2.38. The van der Waals surface area contributed by atoms with Crippen molar-refractivity contribution in [2.45, 2.75) is 58.9 Å². The van der Waals surface area contributed by atoms with E-state index in [0.717, 1.165) is 85.4 Å². The Balaban J connectivity index is 1.40. The van der Waals surface area contributed by atoms with Crippen LogP contribution in [0.15, 0.2) is 0 Å². The van der Waals surface area contributed by atoms with Crippen molar-refractivity contribution in [3.8, 4) is 0 Å². The average molecular weight is 404 g/mol. The van der Waals surface area contributed by atoms with Gasteiger partial charge in [0.2, 0.25) is 0 Å². The summed E-state index contributed by atoms with van der Waals surface area (Å²) in [6.07, 6.45) is 6.20. The minimum atomic E-state index is 0.158. The summed E-state index contributed by atoms with van der Waals surface area (Å²) in [5.41, 5.74) is 1.18. The largest absolute Gasteiger partial charge is 0.384 e. The van der Waals surface area contributed by atoms with E-state index in [1.165, 1.54) is 11.3 Å². The lowest BCUT2D eigenvalue weighted by atomic mass is 9.72. The van der Waals surface area contributed by atoms with E-state index in [9.17, 15) is 4.79 Å². The Bertz CT molecular complexity index is 851. The molecule has 0 bridgehead atoms. The Morgan fingerprint density at radius 1 is 1.14 bits per heavy atom. The molecule has 0 aromatic carbocycles. The Hall–Kier alpha value is -1.80. The number of likely N-dealkylation sites (tertiary alicyclic amines) is 1. The summed E-state index contributed by atoms with van der Waals surface area (Å²) in [7, 11) is 1.72. The molecule has 8 heteroatoms. The number of piperidine rings is 1. The summed E-state index contributed by atoms with van der Waals surface area (Å²) in [5.74, 6) is 2.31. The highest BCUT2D eigenvalue weighted by atomic mass is 32.1. The number of rotatable bonds is 4. The van der Waals surface area contributed by atoms with Gasteiger partial charge in [-0.25, -0.2) is 4.98 Å². The van der Waals surface area contributed by atoms with Crippen LogP contribution >= 0.6 is 11.3 Å². The molecule has 0 radical (unpaired) electrons. The third-order valence-electron chi connectivity index (χ3n) is 6.39. The van der Waals surface area contributed by atoms with Gasteiger partial charge in [0.1, 0.15) is 16.5 Å². The van der Waals surface area contributed by atoms with Crippen molar-refractivity contribution in [3.05, 3.63) is 27.2 Å². The molecular formula is C20H29N5O2S. The number of fused-ring (bicyclic) bond motifs is 1. The standard InChI is InChI=1S/C20H29N5O2S/c1-14-18(28-15(2)21-14)19(26)24-10-7-20(8-11-24)6-4-16-22-23-17(5-13-27-3)25(16)12-9-20/h4-13H2,1-3H3. The number of carbonyl (C=O) groups excluding carboxylic acids is 1. The Labute approximate surface area is 170 Å². The normalized spacial score (nSPS) is 18.9. The van der Waals surface area contributed by atoms with Gasteiger partial charge in [0.15, 0.2) is 0 Å². The summed E-state index contributed by atoms with van der Waals surface area (Å²) < 4.78 is 7.51. The Kier molecular flexibility index (Phi) is 5.51. The first-order valence-electron chi connectivity index (χ1n) is 10.1. The van der Waals surface area contributed by atoms with Crippen LogP contribution in [0.5, 0.6) is 0 Å². The molecule has 2 aliphatic heterocycles. The molecule has 4 rings (SSSR count). The molecule has 0 N–H and O–H groups in total. The molecule has 0 aliphatic carbocycles. The molecule has 0 atom stereocenters. The first-order chi connectivity index (χ1) is 13.5. The summed E-state index contributed by atoms with van der Waals surface area (Å²) >= 11 is 1.52. The molecule has 2 aliphatic rings. The van der Waals surface area contributed by atoms with E-state index in [4.69, 9.17) is 4.74 Å². The van der Waals surface area contributed by atoms with Crippen LogP contribution in [0.25, 0.3) is 0 Å². The van der Waals surface area contributed by atoms with Crippen molar-refractivity contribution in [2.75, 3.05) is 26.8 Å². The maximum atomic E-state index is 12.9. The zero-order valence-electron chi connectivity index (χ0n) is 17.0. The topological polar surface area (TPSA) is 73.1 Å². The summed E-state index contributed by atoms with van der Waals surface area (Å²) in [5, 5.41) is 9.76. The maximum absolute atomic E-state index is 12.9. The lowest BCUT2D eigenvalue weighted by Crippen LogP contribution is -2.43. The quantitative estimate of drug-likeness (QED) is 0.785. The summed E-state index contributed by atoms with van der Waals surface area (Å²) in [6.45, 7) is 7.23. The predicted molar refractivity (Wildman–Crippen MR) is 108 cm³/mol. The lowest BCUT2D eigenvalue weighted by molar-refractivity contribution is 0.0539. The smallest absolute Gasteiger partial charge is 0.265 e. The van der Waals surface area contributed by atoms with Gasteiger partial charge in [-0.15, -0.1) is 21.5 Å². The lowest BCUT2D eigenvalue weighted by Gasteiger charge is -2.41. The number of aryl methyl sites for hydroxylation is 3. The maximum Gasteiger partial charge on any atom is 0.265 e. The monoisotopic (exact) mass is 403 g/mol. The van der Waals surface area contributed by atoms with Gasteiger partial charge in [-0.3, -0.25) is 4.79 Å². The molecule has 1 saturated heterocycles. The van der Waals surface area contributed by atoms with E-state index in [1.807, 2.05) is 18.7 Å². The number of thiazole rings is 1. The average Bonchev–Trinajstić information content (AvgIpc) is 3.19. The van der Waals surface area contributed by atoms with Crippen LogP contribution in [-0.4, -0.2) is 57.4 Å². The van der Waals surface area contributed by atoms with Crippen LogP contribution in [0, 0.1) is 19.3 Å². The fourth-order valence-corrected chi connectivity index (χ4v) is 5.49. The van der Waals surface area contributed by atoms with Gasteiger partial charge in [-0.05, 0) is 44.9 Å². The van der Waals surface area contributed by atoms with Gasteiger partial charge in [-0.2, -0.15) is 0 Å². The van der Waals surface area contributed by atoms with Gasteiger partial charge >= 0.3 is 0 Å². The third kappa shape index (κ3) is 3.72. The van der Waals surface area contributed by atoms with E-state index in [0.29, 0.717) is 12.0 Å². The van der Waals surface area contributed by atoms with Gasteiger partial charge in [-0.1, -0.05) is 0 Å². The first kappa shape index (κ1) is 19.5. The number of amides is 1. The van der Waals surface area contributed by atoms with Crippen LogP contribution in [-0.2, 0) is 24.1 Å². The Morgan fingerprint density at radius 2 is 1.89 bits per heavy atom. The second-order valence-electron chi connectivity index (χ2n) is 8.12. The molecule has 28 heavy (non-hydrogen) atoms. The summed E-state index contributed by atoms with van der Waals surface area (Å²) in [6, 6.07) is 0. The minimum Gasteiger partial charge on any atom is -0.384 e. The van der Waals surface area contributed by atoms with Gasteiger partial charge in [0.05, 0.1) is 17.3 Å². The number of ether oxygens (including phenoxy) is 1. The van der Waals surface area contributed by atoms with Crippen molar-refractivity contribution in [2.24, 2.45) is 5.41 Å². The molecule has 2 aromatic rings. The zero-order valence-corrected chi connectivity index (χ0v) is 17.8. The summed E-state index contributed by atoms with van der Waals surface area (Å²) in [4.78, 5) is 20.2. The van der Waals surface area contributed by atoms with Gasteiger partial charge in [0, 0.05) is 39.6 Å². The molecular weight excluding hydrogens is 374 g/mol. The van der Waals surface area contributed by atoms with Crippen molar-refractivity contribution in [1.82, 2.24) is 24.6 Å². The zero-order chi connectivity index (χ0) is 19.7. The number of hydrogen-bond acceptors (Lipinski definition) is 6. The molecule has 0 saturated carbocycles. The molecule has 7 nitrogen and oxygen atoms in total. The van der Waals surface area contributed by atoms with Crippen LogP contribution in [0.3, 0.4) is 0 Å². The van der Waals surface area contributed by atoms with E-state index >= 15 is 0 Å². The van der Waals surface area contributed by atoms with Crippen molar-refractivity contribution < 1.29 is 9.53 Å². The fourth-order valence-electron chi connectivity index (χ4n) is 4.60. The van der Waals surface area contributed by atoms with Crippen LogP contribution in [0.2, 0.25) is 0 Å². The van der Waals surface area contributed by atoms with Crippen molar-refractivity contribution >= 4 is 17.2 Å². The predicted octanol–water partition coefficient (Wildman–Crippen LogP) is 2.80. The first-order valence-corrected chi connectivity index (χ1v) is 11.0.